The maximum Gasteiger partial charge on any atom is 0.125 e. The molecular formula is C15H11Cl3N2. The molecule has 0 saturated carbocycles. The van der Waals surface area contributed by atoms with Crippen LogP contribution in [0.2, 0.25) is 10.0 Å². The predicted molar refractivity (Wildman–Crippen MR) is 84.9 cm³/mol. The van der Waals surface area contributed by atoms with Crippen LogP contribution in [0.5, 0.6) is 0 Å². The average molecular weight is 326 g/mol. The van der Waals surface area contributed by atoms with E-state index in [9.17, 15) is 0 Å². The van der Waals surface area contributed by atoms with E-state index in [1.165, 1.54) is 0 Å². The summed E-state index contributed by atoms with van der Waals surface area (Å²) in [4.78, 5) is 4.54. The molecule has 0 aliphatic carbocycles. The molecule has 3 aromatic rings. The summed E-state index contributed by atoms with van der Waals surface area (Å²) in [6.07, 6.45) is 0. The van der Waals surface area contributed by atoms with Crippen molar-refractivity contribution in [3.8, 4) is 0 Å². The summed E-state index contributed by atoms with van der Waals surface area (Å²) in [5, 5.41) is 1.12. The zero-order valence-corrected chi connectivity index (χ0v) is 12.8. The molecule has 1 aromatic heterocycles. The first-order chi connectivity index (χ1) is 9.69. The zero-order chi connectivity index (χ0) is 14.1. The number of alkyl halides is 1. The van der Waals surface area contributed by atoms with Gasteiger partial charge in [-0.15, -0.1) is 11.6 Å². The van der Waals surface area contributed by atoms with E-state index in [0.717, 1.165) is 22.4 Å². The molecule has 0 atom stereocenters. The number of halogens is 3. The van der Waals surface area contributed by atoms with Crippen molar-refractivity contribution in [1.29, 1.82) is 0 Å². The van der Waals surface area contributed by atoms with Gasteiger partial charge in [-0.2, -0.15) is 0 Å². The largest absolute Gasteiger partial charge is 0.322 e. The third kappa shape index (κ3) is 2.51. The van der Waals surface area contributed by atoms with Crippen LogP contribution in [0.15, 0.2) is 42.5 Å². The summed E-state index contributed by atoms with van der Waals surface area (Å²) in [5.41, 5.74) is 3.08. The van der Waals surface area contributed by atoms with Crippen LogP contribution < -0.4 is 0 Å². The Balaban J connectivity index is 2.07. The fourth-order valence-electron chi connectivity index (χ4n) is 2.22. The molecule has 3 rings (SSSR count). The predicted octanol–water partition coefficient (Wildman–Crippen LogP) is 5.13. The molecule has 2 aromatic carbocycles. The number of hydrogen-bond donors (Lipinski definition) is 0. The van der Waals surface area contributed by atoms with Crippen LogP contribution in [-0.2, 0) is 12.4 Å². The van der Waals surface area contributed by atoms with Gasteiger partial charge in [-0.25, -0.2) is 4.98 Å². The Hall–Kier alpha value is -1.22. The molecule has 0 amide bonds. The van der Waals surface area contributed by atoms with Crippen molar-refractivity contribution in [2.24, 2.45) is 0 Å². The van der Waals surface area contributed by atoms with Gasteiger partial charge in [0.2, 0.25) is 0 Å². The van der Waals surface area contributed by atoms with Crippen molar-refractivity contribution in [3.05, 3.63) is 63.9 Å². The first-order valence-electron chi connectivity index (χ1n) is 6.13. The smallest absolute Gasteiger partial charge is 0.125 e. The van der Waals surface area contributed by atoms with Crippen LogP contribution in [0.3, 0.4) is 0 Å². The van der Waals surface area contributed by atoms with E-state index < -0.39 is 0 Å². The third-order valence-electron chi connectivity index (χ3n) is 3.18. The average Bonchev–Trinajstić information content (AvgIpc) is 2.81. The Morgan fingerprint density at radius 1 is 1.00 bits per heavy atom. The fraction of sp³-hybridized carbons (Fsp3) is 0.133. The van der Waals surface area contributed by atoms with Gasteiger partial charge < -0.3 is 4.57 Å². The van der Waals surface area contributed by atoms with Gasteiger partial charge in [0.1, 0.15) is 5.82 Å². The topological polar surface area (TPSA) is 17.8 Å². The van der Waals surface area contributed by atoms with Gasteiger partial charge in [-0.1, -0.05) is 41.4 Å². The quantitative estimate of drug-likeness (QED) is 0.610. The molecular weight excluding hydrogens is 315 g/mol. The molecule has 0 spiro atoms. The van der Waals surface area contributed by atoms with Crippen molar-refractivity contribution in [2.75, 3.05) is 0 Å². The molecule has 2 nitrogen and oxygen atoms in total. The summed E-state index contributed by atoms with van der Waals surface area (Å²) >= 11 is 18.0. The molecule has 0 bridgehead atoms. The summed E-state index contributed by atoms with van der Waals surface area (Å²) in [5.74, 6) is 1.22. The monoisotopic (exact) mass is 324 g/mol. The molecule has 0 aliphatic rings. The highest BCUT2D eigenvalue weighted by molar-refractivity contribution is 6.42. The van der Waals surface area contributed by atoms with Gasteiger partial charge in [-0.3, -0.25) is 0 Å². The van der Waals surface area contributed by atoms with Crippen LogP contribution >= 0.6 is 34.8 Å². The van der Waals surface area contributed by atoms with Crippen LogP contribution in [-0.4, -0.2) is 9.55 Å². The Morgan fingerprint density at radius 2 is 1.80 bits per heavy atom. The van der Waals surface area contributed by atoms with E-state index >= 15 is 0 Å². The van der Waals surface area contributed by atoms with Gasteiger partial charge in [0.05, 0.1) is 27.0 Å². The first kappa shape index (κ1) is 13.7. The van der Waals surface area contributed by atoms with E-state index in [4.69, 9.17) is 34.8 Å². The third-order valence-corrected chi connectivity index (χ3v) is 4.16. The molecule has 0 N–H and O–H groups in total. The molecule has 0 saturated heterocycles. The lowest BCUT2D eigenvalue weighted by Gasteiger charge is -2.09. The molecule has 20 heavy (non-hydrogen) atoms. The summed E-state index contributed by atoms with van der Waals surface area (Å²) in [6, 6.07) is 13.6. The minimum atomic E-state index is 0.371. The Kier molecular flexibility index (Phi) is 3.88. The molecule has 0 radical (unpaired) electrons. The number of nitrogens with zero attached hydrogens (tertiary/aromatic N) is 2. The molecule has 0 fully saturated rings. The van der Waals surface area contributed by atoms with Gasteiger partial charge in [0.15, 0.2) is 0 Å². The highest BCUT2D eigenvalue weighted by Gasteiger charge is 2.10. The lowest BCUT2D eigenvalue weighted by atomic mass is 10.2. The van der Waals surface area contributed by atoms with E-state index in [1.807, 2.05) is 36.4 Å². The van der Waals surface area contributed by atoms with Crippen molar-refractivity contribution < 1.29 is 0 Å². The zero-order valence-electron chi connectivity index (χ0n) is 10.5. The van der Waals surface area contributed by atoms with E-state index in [2.05, 4.69) is 9.55 Å². The highest BCUT2D eigenvalue weighted by atomic mass is 35.5. The number of benzene rings is 2. The number of rotatable bonds is 3. The molecule has 0 unspecified atom stereocenters. The van der Waals surface area contributed by atoms with Crippen LogP contribution in [0.4, 0.5) is 0 Å². The molecule has 5 heteroatoms. The molecule has 1 heterocycles. The van der Waals surface area contributed by atoms with Crippen LogP contribution in [0.1, 0.15) is 11.4 Å². The minimum Gasteiger partial charge on any atom is -0.322 e. The number of hydrogen-bond acceptors (Lipinski definition) is 1. The number of para-hydroxylation sites is 2. The van der Waals surface area contributed by atoms with Gasteiger partial charge in [0.25, 0.3) is 0 Å². The summed E-state index contributed by atoms with van der Waals surface area (Å²) in [6.45, 7) is 0.666. The Bertz CT molecular complexity index is 765. The normalized spacial score (nSPS) is 11.2. The standard InChI is InChI=1S/C15H11Cl3N2/c16-8-15-19-13-3-1-2-4-14(13)20(15)9-10-5-6-11(17)12(18)7-10/h1-7H,8-9H2. The SMILES string of the molecule is ClCc1nc2ccccc2n1Cc1ccc(Cl)c(Cl)c1. The number of aromatic nitrogens is 2. The minimum absolute atomic E-state index is 0.371. The Labute approximate surface area is 131 Å². The van der Waals surface area contributed by atoms with Gasteiger partial charge in [-0.05, 0) is 29.8 Å². The van der Waals surface area contributed by atoms with Crippen LogP contribution in [0, 0.1) is 0 Å². The van der Waals surface area contributed by atoms with Crippen molar-refractivity contribution in [3.63, 3.8) is 0 Å². The van der Waals surface area contributed by atoms with E-state index in [1.54, 1.807) is 6.07 Å². The molecule has 0 aliphatic heterocycles. The van der Waals surface area contributed by atoms with E-state index in [0.29, 0.717) is 22.5 Å². The lowest BCUT2D eigenvalue weighted by molar-refractivity contribution is 0.779. The van der Waals surface area contributed by atoms with Crippen LogP contribution in [0.25, 0.3) is 11.0 Å². The summed E-state index contributed by atoms with van der Waals surface area (Å²) in [7, 11) is 0. The van der Waals surface area contributed by atoms with Crippen molar-refractivity contribution >= 4 is 45.8 Å². The Morgan fingerprint density at radius 3 is 2.55 bits per heavy atom. The highest BCUT2D eigenvalue weighted by Crippen LogP contribution is 2.25. The van der Waals surface area contributed by atoms with E-state index in [-0.39, 0.29) is 0 Å². The van der Waals surface area contributed by atoms with Crippen molar-refractivity contribution in [2.45, 2.75) is 12.4 Å². The second kappa shape index (κ2) is 5.65. The first-order valence-corrected chi connectivity index (χ1v) is 7.42. The van der Waals surface area contributed by atoms with Gasteiger partial charge in [0, 0.05) is 6.54 Å². The molecule has 102 valence electrons. The lowest BCUT2D eigenvalue weighted by Crippen LogP contribution is -2.03. The number of imidazole rings is 1. The fourth-order valence-corrected chi connectivity index (χ4v) is 2.75. The number of fused-ring (bicyclic) bond motifs is 1. The maximum atomic E-state index is 6.06. The van der Waals surface area contributed by atoms with Gasteiger partial charge >= 0.3 is 0 Å². The second-order valence-electron chi connectivity index (χ2n) is 4.48. The maximum absolute atomic E-state index is 6.06. The second-order valence-corrected chi connectivity index (χ2v) is 5.57. The summed E-state index contributed by atoms with van der Waals surface area (Å²) < 4.78 is 2.10. The van der Waals surface area contributed by atoms with Crippen molar-refractivity contribution in [1.82, 2.24) is 9.55 Å².